The molecule has 0 aliphatic carbocycles. The monoisotopic (exact) mass is 285 g/mol. The molecule has 2 atom stereocenters. The van der Waals surface area contributed by atoms with E-state index < -0.39 is 0 Å². The molecule has 1 N–H and O–H groups in total. The number of aromatic nitrogens is 3. The quantitative estimate of drug-likeness (QED) is 0.875. The summed E-state index contributed by atoms with van der Waals surface area (Å²) < 4.78 is 1.71. The second kappa shape index (κ2) is 6.34. The van der Waals surface area contributed by atoms with Gasteiger partial charge >= 0.3 is 0 Å². The lowest BCUT2D eigenvalue weighted by Crippen LogP contribution is -2.59. The third-order valence-corrected chi connectivity index (χ3v) is 3.84. The van der Waals surface area contributed by atoms with E-state index in [0.29, 0.717) is 25.0 Å². The van der Waals surface area contributed by atoms with Crippen molar-refractivity contribution < 1.29 is 4.79 Å². The Bertz CT molecular complexity index is 398. The van der Waals surface area contributed by atoms with Crippen LogP contribution in [-0.4, -0.2) is 51.0 Å². The van der Waals surface area contributed by atoms with Crippen LogP contribution in [0.5, 0.6) is 0 Å². The summed E-state index contributed by atoms with van der Waals surface area (Å²) in [4.78, 5) is 14.2. The Balaban J connectivity index is 0.00000133. The van der Waals surface area contributed by atoms with Crippen molar-refractivity contribution in [1.29, 1.82) is 0 Å². The zero-order valence-corrected chi connectivity index (χ0v) is 11.7. The second-order valence-electron chi connectivity index (χ2n) is 5.21. The van der Waals surface area contributed by atoms with Crippen LogP contribution in [0.2, 0.25) is 0 Å². The highest BCUT2D eigenvalue weighted by Crippen LogP contribution is 2.20. The number of rotatable bonds is 3. The molecule has 2 aliphatic rings. The molecule has 0 saturated carbocycles. The van der Waals surface area contributed by atoms with Gasteiger partial charge in [0.15, 0.2) is 0 Å². The first-order valence-electron chi connectivity index (χ1n) is 6.69. The number of hydrogen-bond acceptors (Lipinski definition) is 4. The van der Waals surface area contributed by atoms with Gasteiger partial charge in [-0.1, -0.05) is 11.6 Å². The number of halogens is 1. The molecule has 2 saturated heterocycles. The molecule has 6 nitrogen and oxygen atoms in total. The van der Waals surface area contributed by atoms with Gasteiger partial charge in [-0.15, -0.1) is 17.5 Å². The van der Waals surface area contributed by atoms with Crippen molar-refractivity contribution in [3.8, 4) is 0 Å². The summed E-state index contributed by atoms with van der Waals surface area (Å²) in [6.07, 6.45) is 7.64. The highest BCUT2D eigenvalue weighted by molar-refractivity contribution is 5.85. The number of amides is 1. The average Bonchev–Trinajstić information content (AvgIpc) is 2.88. The topological polar surface area (TPSA) is 63.1 Å². The minimum atomic E-state index is 0. The molecule has 106 valence electrons. The number of fused-ring (bicyclic) bond motifs is 2. The van der Waals surface area contributed by atoms with Gasteiger partial charge in [-0.3, -0.25) is 9.48 Å². The SMILES string of the molecule is Cl.O=C(CCn1ccnn1)N1CC2CCCC(C1)N2. The van der Waals surface area contributed by atoms with E-state index in [2.05, 4.69) is 15.6 Å². The fourth-order valence-electron chi connectivity index (χ4n) is 2.93. The van der Waals surface area contributed by atoms with Gasteiger partial charge in [-0.2, -0.15) is 0 Å². The second-order valence-corrected chi connectivity index (χ2v) is 5.21. The Morgan fingerprint density at radius 3 is 2.68 bits per heavy atom. The summed E-state index contributed by atoms with van der Waals surface area (Å²) in [5.41, 5.74) is 0. The molecule has 2 fully saturated rings. The van der Waals surface area contributed by atoms with Crippen molar-refractivity contribution in [2.24, 2.45) is 0 Å². The standard InChI is InChI=1S/C12H19N5O.ClH/c18-12(4-6-17-7-5-13-15-17)16-8-10-2-1-3-11(9-16)14-10;/h5,7,10-11,14H,1-4,6,8-9H2;1H. The van der Waals surface area contributed by atoms with Gasteiger partial charge in [0.05, 0.1) is 12.7 Å². The molecule has 1 aromatic rings. The Hall–Kier alpha value is -1.14. The van der Waals surface area contributed by atoms with Gasteiger partial charge in [0.2, 0.25) is 5.91 Å². The summed E-state index contributed by atoms with van der Waals surface area (Å²) in [6.45, 7) is 2.36. The predicted molar refractivity (Wildman–Crippen MR) is 73.0 cm³/mol. The van der Waals surface area contributed by atoms with Crippen molar-refractivity contribution >= 4 is 18.3 Å². The molecular weight excluding hydrogens is 266 g/mol. The van der Waals surface area contributed by atoms with E-state index in [4.69, 9.17) is 0 Å². The van der Waals surface area contributed by atoms with Crippen LogP contribution in [0.25, 0.3) is 0 Å². The molecule has 1 aromatic heterocycles. The van der Waals surface area contributed by atoms with E-state index in [1.807, 2.05) is 4.90 Å². The molecule has 2 unspecified atom stereocenters. The van der Waals surface area contributed by atoms with Crippen LogP contribution in [0.4, 0.5) is 0 Å². The predicted octanol–water partition coefficient (Wildman–Crippen LogP) is 0.443. The first-order valence-corrected chi connectivity index (χ1v) is 6.69. The molecule has 2 bridgehead atoms. The molecule has 0 aromatic carbocycles. The number of carbonyl (C=O) groups is 1. The molecule has 3 rings (SSSR count). The van der Waals surface area contributed by atoms with Crippen molar-refractivity contribution in [3.05, 3.63) is 12.4 Å². The van der Waals surface area contributed by atoms with Gasteiger partial charge in [0.25, 0.3) is 0 Å². The molecule has 7 heteroatoms. The summed E-state index contributed by atoms with van der Waals surface area (Å²) in [5.74, 6) is 0.240. The number of nitrogens with zero attached hydrogens (tertiary/aromatic N) is 4. The van der Waals surface area contributed by atoms with Crippen molar-refractivity contribution in [2.45, 2.75) is 44.3 Å². The first-order chi connectivity index (χ1) is 8.81. The Morgan fingerprint density at radius 2 is 2.05 bits per heavy atom. The van der Waals surface area contributed by atoms with Crippen LogP contribution in [0.1, 0.15) is 25.7 Å². The van der Waals surface area contributed by atoms with Crippen LogP contribution in [0, 0.1) is 0 Å². The fourth-order valence-corrected chi connectivity index (χ4v) is 2.93. The lowest BCUT2D eigenvalue weighted by Gasteiger charge is -2.42. The Labute approximate surface area is 118 Å². The number of hydrogen-bond donors (Lipinski definition) is 1. The van der Waals surface area contributed by atoms with E-state index in [0.717, 1.165) is 13.1 Å². The number of likely N-dealkylation sites (tertiary alicyclic amines) is 1. The van der Waals surface area contributed by atoms with Crippen LogP contribution < -0.4 is 5.32 Å². The average molecular weight is 286 g/mol. The van der Waals surface area contributed by atoms with Crippen LogP contribution >= 0.6 is 12.4 Å². The molecule has 2 aliphatic heterocycles. The van der Waals surface area contributed by atoms with E-state index >= 15 is 0 Å². The third kappa shape index (κ3) is 3.45. The van der Waals surface area contributed by atoms with Gasteiger partial charge in [0.1, 0.15) is 0 Å². The van der Waals surface area contributed by atoms with Crippen LogP contribution in [-0.2, 0) is 11.3 Å². The highest BCUT2D eigenvalue weighted by atomic mass is 35.5. The number of nitrogens with one attached hydrogen (secondary N) is 1. The minimum absolute atomic E-state index is 0. The van der Waals surface area contributed by atoms with Crippen LogP contribution in [0.15, 0.2) is 12.4 Å². The van der Waals surface area contributed by atoms with E-state index in [9.17, 15) is 4.79 Å². The summed E-state index contributed by atoms with van der Waals surface area (Å²) in [6, 6.07) is 1.01. The number of carbonyl (C=O) groups excluding carboxylic acids is 1. The number of piperazine rings is 1. The Morgan fingerprint density at radius 1 is 1.32 bits per heavy atom. The van der Waals surface area contributed by atoms with E-state index in [-0.39, 0.29) is 18.3 Å². The zero-order valence-electron chi connectivity index (χ0n) is 10.9. The Kier molecular flexibility index (Phi) is 4.76. The molecule has 0 radical (unpaired) electrons. The van der Waals surface area contributed by atoms with Gasteiger partial charge in [-0.05, 0) is 12.8 Å². The largest absolute Gasteiger partial charge is 0.340 e. The van der Waals surface area contributed by atoms with Crippen molar-refractivity contribution in [3.63, 3.8) is 0 Å². The smallest absolute Gasteiger partial charge is 0.224 e. The van der Waals surface area contributed by atoms with E-state index in [1.165, 1.54) is 19.3 Å². The fraction of sp³-hybridized carbons (Fsp3) is 0.750. The highest BCUT2D eigenvalue weighted by Gasteiger charge is 2.31. The molecule has 1 amide bonds. The third-order valence-electron chi connectivity index (χ3n) is 3.84. The van der Waals surface area contributed by atoms with Gasteiger partial charge < -0.3 is 10.2 Å². The maximum absolute atomic E-state index is 12.2. The van der Waals surface area contributed by atoms with Gasteiger partial charge in [0, 0.05) is 37.8 Å². The van der Waals surface area contributed by atoms with E-state index in [1.54, 1.807) is 17.1 Å². The van der Waals surface area contributed by atoms with Crippen molar-refractivity contribution in [1.82, 2.24) is 25.2 Å². The molecule has 19 heavy (non-hydrogen) atoms. The van der Waals surface area contributed by atoms with Crippen LogP contribution in [0.3, 0.4) is 0 Å². The maximum atomic E-state index is 12.2. The molecule has 3 heterocycles. The zero-order chi connectivity index (χ0) is 12.4. The molecule has 0 spiro atoms. The lowest BCUT2D eigenvalue weighted by atomic mass is 9.94. The normalized spacial score (nSPS) is 25.8. The number of aryl methyl sites for hydroxylation is 1. The number of piperidine rings is 1. The maximum Gasteiger partial charge on any atom is 0.224 e. The first kappa shape index (κ1) is 14.3. The minimum Gasteiger partial charge on any atom is -0.340 e. The van der Waals surface area contributed by atoms with Crippen molar-refractivity contribution in [2.75, 3.05) is 13.1 Å². The summed E-state index contributed by atoms with van der Waals surface area (Å²) in [7, 11) is 0. The summed E-state index contributed by atoms with van der Waals surface area (Å²) in [5, 5.41) is 11.2. The summed E-state index contributed by atoms with van der Waals surface area (Å²) >= 11 is 0. The van der Waals surface area contributed by atoms with Gasteiger partial charge in [-0.25, -0.2) is 0 Å². The lowest BCUT2D eigenvalue weighted by molar-refractivity contribution is -0.133. The molecular formula is C12H20ClN5O.